The van der Waals surface area contributed by atoms with Crippen LogP contribution >= 0.6 is 0 Å². The molecule has 0 spiro atoms. The summed E-state index contributed by atoms with van der Waals surface area (Å²) in [6, 6.07) is 3.02. The molecule has 0 aliphatic heterocycles. The fraction of sp³-hybridized carbons (Fsp3) is 0.600. The smallest absolute Gasteiger partial charge is 0.152 e. The average Bonchev–Trinajstić information content (AvgIpc) is 2.32. The fourth-order valence-corrected chi connectivity index (χ4v) is 2.59. The highest BCUT2D eigenvalue weighted by Gasteiger charge is 2.17. The monoisotopic (exact) mass is 253 g/mol. The number of aryl methyl sites for hydroxylation is 1. The molecule has 1 aromatic carbocycles. The van der Waals surface area contributed by atoms with Crippen molar-refractivity contribution in [1.29, 1.82) is 0 Å². The molecule has 0 radical (unpaired) electrons. The van der Waals surface area contributed by atoms with Gasteiger partial charge in [-0.25, -0.2) is 8.78 Å². The van der Waals surface area contributed by atoms with E-state index in [1.807, 2.05) is 0 Å². The zero-order chi connectivity index (χ0) is 13.0. The summed E-state index contributed by atoms with van der Waals surface area (Å²) in [5.41, 5.74) is 0.547. The Hall–Kier alpha value is -1.12. The van der Waals surface area contributed by atoms with Crippen LogP contribution in [0.2, 0.25) is 0 Å². The lowest BCUT2D eigenvalue weighted by molar-refractivity contribution is 0.466. The molecule has 0 atom stereocenters. The second kappa shape index (κ2) is 6.17. The van der Waals surface area contributed by atoms with Crippen molar-refractivity contribution in [2.24, 2.45) is 0 Å². The summed E-state index contributed by atoms with van der Waals surface area (Å²) >= 11 is 0. The third-order valence-corrected chi connectivity index (χ3v) is 3.74. The second-order valence-electron chi connectivity index (χ2n) is 5.24. The molecule has 1 N–H and O–H groups in total. The van der Waals surface area contributed by atoms with Crippen molar-refractivity contribution in [3.8, 4) is 0 Å². The van der Waals surface area contributed by atoms with Gasteiger partial charge in [-0.1, -0.05) is 38.2 Å². The first-order chi connectivity index (χ1) is 8.68. The number of anilines is 1. The van der Waals surface area contributed by atoms with Gasteiger partial charge in [-0.15, -0.1) is 0 Å². The van der Waals surface area contributed by atoms with E-state index in [-0.39, 0.29) is 11.7 Å². The summed E-state index contributed by atoms with van der Waals surface area (Å²) in [5, 5.41) is 3.08. The zero-order valence-corrected chi connectivity index (χ0v) is 10.9. The van der Waals surface area contributed by atoms with Crippen LogP contribution in [0.1, 0.15) is 50.5 Å². The molecule has 1 saturated carbocycles. The van der Waals surface area contributed by atoms with E-state index >= 15 is 0 Å². The van der Waals surface area contributed by atoms with Crippen LogP contribution in [0.5, 0.6) is 0 Å². The van der Waals surface area contributed by atoms with Crippen LogP contribution in [0.4, 0.5) is 14.5 Å². The molecule has 1 aliphatic carbocycles. The van der Waals surface area contributed by atoms with Crippen molar-refractivity contribution in [3.63, 3.8) is 0 Å². The van der Waals surface area contributed by atoms with Gasteiger partial charge in [0.05, 0.1) is 0 Å². The Labute approximate surface area is 108 Å². The lowest BCUT2D eigenvalue weighted by Gasteiger charge is -2.23. The van der Waals surface area contributed by atoms with Crippen LogP contribution in [-0.2, 0) is 0 Å². The van der Waals surface area contributed by atoms with E-state index in [1.165, 1.54) is 31.4 Å². The number of benzene rings is 1. The lowest BCUT2D eigenvalue weighted by Crippen LogP contribution is -2.22. The maximum Gasteiger partial charge on any atom is 0.152 e. The Balaban J connectivity index is 2.09. The Morgan fingerprint density at radius 1 is 1.00 bits per heavy atom. The quantitative estimate of drug-likeness (QED) is 0.798. The van der Waals surface area contributed by atoms with Crippen LogP contribution in [0.15, 0.2) is 12.1 Å². The topological polar surface area (TPSA) is 12.0 Å². The van der Waals surface area contributed by atoms with Crippen molar-refractivity contribution < 1.29 is 8.78 Å². The molecule has 0 unspecified atom stereocenters. The first kappa shape index (κ1) is 13.3. The van der Waals surface area contributed by atoms with Crippen LogP contribution in [0.3, 0.4) is 0 Å². The Morgan fingerprint density at radius 2 is 1.61 bits per heavy atom. The normalized spacial score (nSPS) is 18.2. The minimum atomic E-state index is -0.486. The average molecular weight is 253 g/mol. The van der Waals surface area contributed by atoms with Crippen LogP contribution in [0, 0.1) is 18.6 Å². The maximum atomic E-state index is 13.9. The van der Waals surface area contributed by atoms with Gasteiger partial charge >= 0.3 is 0 Å². The molecule has 1 fully saturated rings. The van der Waals surface area contributed by atoms with Crippen LogP contribution in [0.25, 0.3) is 0 Å². The summed E-state index contributed by atoms with van der Waals surface area (Å²) in [6.45, 7) is 1.66. The first-order valence-corrected chi connectivity index (χ1v) is 6.89. The van der Waals surface area contributed by atoms with E-state index in [2.05, 4.69) is 5.32 Å². The Kier molecular flexibility index (Phi) is 4.56. The minimum Gasteiger partial charge on any atom is -0.378 e. The molecule has 3 heteroatoms. The summed E-state index contributed by atoms with van der Waals surface area (Å²) in [4.78, 5) is 0. The molecule has 18 heavy (non-hydrogen) atoms. The number of rotatable bonds is 2. The third-order valence-electron chi connectivity index (χ3n) is 3.74. The van der Waals surface area contributed by atoms with Crippen LogP contribution < -0.4 is 5.32 Å². The highest BCUT2D eigenvalue weighted by molar-refractivity contribution is 5.49. The number of hydrogen-bond acceptors (Lipinski definition) is 1. The van der Waals surface area contributed by atoms with Gasteiger partial charge in [0.1, 0.15) is 11.5 Å². The van der Waals surface area contributed by atoms with Crippen molar-refractivity contribution in [1.82, 2.24) is 0 Å². The van der Waals surface area contributed by atoms with Gasteiger partial charge < -0.3 is 5.32 Å². The number of hydrogen-bond donors (Lipinski definition) is 1. The molecule has 1 aliphatic rings. The highest BCUT2D eigenvalue weighted by Crippen LogP contribution is 2.26. The molecule has 0 saturated heterocycles. The minimum absolute atomic E-state index is 0.0561. The number of halogens is 2. The van der Waals surface area contributed by atoms with E-state index in [0.29, 0.717) is 5.56 Å². The molecule has 0 heterocycles. The van der Waals surface area contributed by atoms with Gasteiger partial charge in [0, 0.05) is 6.04 Å². The van der Waals surface area contributed by atoms with E-state index < -0.39 is 11.6 Å². The molecule has 1 aromatic rings. The van der Waals surface area contributed by atoms with Gasteiger partial charge in [0.2, 0.25) is 0 Å². The SMILES string of the molecule is Cc1ccc(F)c(NC2CCCCCCC2)c1F. The lowest BCUT2D eigenvalue weighted by atomic mass is 9.96. The summed E-state index contributed by atoms with van der Waals surface area (Å²) < 4.78 is 27.6. The predicted octanol–water partition coefficient (Wildman–Crippen LogP) is 4.80. The molecule has 100 valence electrons. The third kappa shape index (κ3) is 3.21. The van der Waals surface area contributed by atoms with E-state index in [1.54, 1.807) is 6.92 Å². The van der Waals surface area contributed by atoms with Gasteiger partial charge in [-0.3, -0.25) is 0 Å². The molecule has 0 amide bonds. The summed E-state index contributed by atoms with van der Waals surface area (Å²) in [6.07, 6.45) is 8.06. The van der Waals surface area contributed by atoms with Crippen molar-refractivity contribution in [3.05, 3.63) is 29.3 Å². The zero-order valence-electron chi connectivity index (χ0n) is 10.9. The molecule has 0 bridgehead atoms. The van der Waals surface area contributed by atoms with Gasteiger partial charge in [-0.2, -0.15) is 0 Å². The van der Waals surface area contributed by atoms with Crippen molar-refractivity contribution in [2.45, 2.75) is 57.9 Å². The summed E-state index contributed by atoms with van der Waals surface area (Å²) in [7, 11) is 0. The van der Waals surface area contributed by atoms with E-state index in [4.69, 9.17) is 0 Å². The predicted molar refractivity (Wildman–Crippen MR) is 70.8 cm³/mol. The molecule has 2 rings (SSSR count). The highest BCUT2D eigenvalue weighted by atomic mass is 19.1. The standard InChI is InChI=1S/C15H21F2N/c1-11-9-10-13(16)15(14(11)17)18-12-7-5-3-2-4-6-8-12/h9-10,12,18H,2-8H2,1H3. The van der Waals surface area contributed by atoms with Gasteiger partial charge in [0.15, 0.2) is 5.82 Å². The first-order valence-electron chi connectivity index (χ1n) is 6.89. The Morgan fingerprint density at radius 3 is 2.28 bits per heavy atom. The van der Waals surface area contributed by atoms with Crippen molar-refractivity contribution >= 4 is 5.69 Å². The second-order valence-corrected chi connectivity index (χ2v) is 5.24. The molecular weight excluding hydrogens is 232 g/mol. The van der Waals surface area contributed by atoms with Gasteiger partial charge in [0.25, 0.3) is 0 Å². The maximum absolute atomic E-state index is 13.9. The van der Waals surface area contributed by atoms with Gasteiger partial charge in [-0.05, 0) is 31.4 Å². The Bertz CT molecular complexity index is 396. The number of nitrogens with one attached hydrogen (secondary N) is 1. The molecular formula is C15H21F2N. The van der Waals surface area contributed by atoms with Crippen LogP contribution in [-0.4, -0.2) is 6.04 Å². The van der Waals surface area contributed by atoms with E-state index in [0.717, 1.165) is 25.7 Å². The summed E-state index contributed by atoms with van der Waals surface area (Å²) in [5.74, 6) is -0.933. The molecule has 1 nitrogen and oxygen atoms in total. The fourth-order valence-electron chi connectivity index (χ4n) is 2.59. The van der Waals surface area contributed by atoms with E-state index in [9.17, 15) is 8.78 Å². The molecule has 0 aromatic heterocycles. The largest absolute Gasteiger partial charge is 0.378 e. The van der Waals surface area contributed by atoms with Crippen molar-refractivity contribution in [2.75, 3.05) is 5.32 Å².